The van der Waals surface area contributed by atoms with Crippen molar-refractivity contribution in [2.45, 2.75) is 0 Å². The Kier molecular flexibility index (Phi) is 3.12. The highest BCUT2D eigenvalue weighted by molar-refractivity contribution is 5.69. The molecule has 0 N–H and O–H groups in total. The summed E-state index contributed by atoms with van der Waals surface area (Å²) in [6.45, 7) is 0. The van der Waals surface area contributed by atoms with E-state index < -0.39 is 0 Å². The second-order valence-corrected chi connectivity index (χ2v) is 2.82. The van der Waals surface area contributed by atoms with Gasteiger partial charge < -0.3 is 0 Å². The maximum atomic E-state index is 5.37. The summed E-state index contributed by atoms with van der Waals surface area (Å²) >= 11 is 0. The second-order valence-electron chi connectivity index (χ2n) is 2.82. The first-order valence-electron chi connectivity index (χ1n) is 4.27. The summed E-state index contributed by atoms with van der Waals surface area (Å²) in [5.74, 6) is 12.2. The maximum Gasteiger partial charge on any atom is 0.0580 e. The van der Waals surface area contributed by atoms with Gasteiger partial charge in [0.05, 0.1) is 16.7 Å². The number of hydrogen-bond donors (Lipinski definition) is 0. The Bertz CT molecular complexity index is 601. The number of rotatable bonds is 0. The summed E-state index contributed by atoms with van der Waals surface area (Å²) in [7, 11) is 0. The highest BCUT2D eigenvalue weighted by atomic mass is 14.1. The minimum absolute atomic E-state index is 0.411. The third-order valence-corrected chi connectivity index (χ3v) is 2.07. The van der Waals surface area contributed by atoms with Crippen molar-refractivity contribution >= 4 is 0 Å². The van der Waals surface area contributed by atoms with Crippen LogP contribution in [-0.2, 0) is 0 Å². The minimum Gasteiger partial charge on any atom is -0.115 e. The second kappa shape index (κ2) is 4.50. The van der Waals surface area contributed by atoms with Gasteiger partial charge >= 0.3 is 0 Å². The fourth-order valence-electron chi connectivity index (χ4n) is 1.35. The first kappa shape index (κ1) is 11.1. The van der Waals surface area contributed by atoms with Crippen molar-refractivity contribution in [3.63, 3.8) is 0 Å². The maximum absolute atomic E-state index is 5.37. The molecule has 0 atom stereocenters. The number of terminal acetylenes is 5. The predicted molar refractivity (Wildman–Crippen MR) is 66.1 cm³/mol. The van der Waals surface area contributed by atoms with Crippen molar-refractivity contribution in [3.8, 4) is 61.7 Å². The van der Waals surface area contributed by atoms with E-state index in [0.717, 1.165) is 0 Å². The van der Waals surface area contributed by atoms with Crippen molar-refractivity contribution in [1.82, 2.24) is 0 Å². The Labute approximate surface area is 96.1 Å². The SMILES string of the molecule is C#Cc1cc(C#C)c(C#C)c(C#C)c1C#C. The molecular weight excluding hydrogens is 192 g/mol. The van der Waals surface area contributed by atoms with Crippen molar-refractivity contribution in [2.75, 3.05) is 0 Å². The average Bonchev–Trinajstić information content (AvgIpc) is 2.35. The molecule has 0 spiro atoms. The monoisotopic (exact) mass is 198 g/mol. The summed E-state index contributed by atoms with van der Waals surface area (Å²) in [6.07, 6.45) is 26.7. The van der Waals surface area contributed by atoms with E-state index in [-0.39, 0.29) is 0 Å². The molecule has 16 heavy (non-hydrogen) atoms. The first-order valence-corrected chi connectivity index (χ1v) is 4.27. The molecule has 70 valence electrons. The fourth-order valence-corrected chi connectivity index (χ4v) is 1.35. The smallest absolute Gasteiger partial charge is 0.0580 e. The molecule has 0 aromatic heterocycles. The van der Waals surface area contributed by atoms with Crippen LogP contribution in [0, 0.1) is 61.7 Å². The standard InChI is InChI=1S/C16H6/c1-6-12-11-13(7-2)15(9-4)16(10-5)14(12)8-3/h1-5,11H. The molecule has 0 aliphatic heterocycles. The van der Waals surface area contributed by atoms with E-state index in [4.69, 9.17) is 32.1 Å². The molecule has 0 aliphatic rings. The fraction of sp³-hybridized carbons (Fsp3) is 0. The van der Waals surface area contributed by atoms with Gasteiger partial charge in [-0.3, -0.25) is 0 Å². The molecule has 0 nitrogen and oxygen atoms in total. The summed E-state index contributed by atoms with van der Waals surface area (Å²) in [5.41, 5.74) is 2.27. The van der Waals surface area contributed by atoms with Crippen LogP contribution in [0.5, 0.6) is 0 Å². The van der Waals surface area contributed by atoms with Crippen LogP contribution in [0.2, 0.25) is 0 Å². The van der Waals surface area contributed by atoms with E-state index >= 15 is 0 Å². The molecule has 0 fully saturated rings. The Morgan fingerprint density at radius 1 is 0.562 bits per heavy atom. The molecule has 0 heterocycles. The van der Waals surface area contributed by atoms with Crippen LogP contribution in [0.3, 0.4) is 0 Å². The molecule has 0 amide bonds. The normalized spacial score (nSPS) is 7.69. The zero-order valence-electron chi connectivity index (χ0n) is 8.46. The molecule has 0 aliphatic carbocycles. The van der Waals surface area contributed by atoms with Crippen LogP contribution < -0.4 is 0 Å². The summed E-state index contributed by atoms with van der Waals surface area (Å²) in [6, 6.07) is 1.60. The highest BCUT2D eigenvalue weighted by Crippen LogP contribution is 2.21. The summed E-state index contributed by atoms with van der Waals surface area (Å²) < 4.78 is 0. The third-order valence-electron chi connectivity index (χ3n) is 2.07. The predicted octanol–water partition coefficient (Wildman–Crippen LogP) is 1.59. The minimum atomic E-state index is 0.411. The molecule has 0 heteroatoms. The third kappa shape index (κ3) is 1.52. The molecule has 1 aromatic carbocycles. The molecule has 0 radical (unpaired) electrons. The topological polar surface area (TPSA) is 0 Å². The first-order chi connectivity index (χ1) is 7.73. The zero-order chi connectivity index (χ0) is 12.1. The van der Waals surface area contributed by atoms with Crippen LogP contribution in [0.25, 0.3) is 0 Å². The average molecular weight is 198 g/mol. The van der Waals surface area contributed by atoms with E-state index in [2.05, 4.69) is 29.6 Å². The van der Waals surface area contributed by atoms with Gasteiger partial charge in [-0.2, -0.15) is 0 Å². The summed E-state index contributed by atoms with van der Waals surface area (Å²) in [5, 5.41) is 0. The highest BCUT2D eigenvalue weighted by Gasteiger charge is 2.12. The van der Waals surface area contributed by atoms with E-state index in [1.807, 2.05) is 0 Å². The van der Waals surface area contributed by atoms with Gasteiger partial charge in [0.25, 0.3) is 0 Å². The molecule has 1 rings (SSSR count). The van der Waals surface area contributed by atoms with E-state index in [1.54, 1.807) is 6.07 Å². The molecule has 0 saturated carbocycles. The van der Waals surface area contributed by atoms with Gasteiger partial charge in [-0.15, -0.1) is 32.1 Å². The Morgan fingerprint density at radius 3 is 1.19 bits per heavy atom. The molecule has 0 bridgehead atoms. The van der Waals surface area contributed by atoms with Gasteiger partial charge in [-0.1, -0.05) is 29.6 Å². The van der Waals surface area contributed by atoms with Crippen molar-refractivity contribution in [3.05, 3.63) is 33.9 Å². The van der Waals surface area contributed by atoms with Crippen molar-refractivity contribution in [1.29, 1.82) is 0 Å². The van der Waals surface area contributed by atoms with E-state index in [0.29, 0.717) is 27.8 Å². The molecule has 0 unspecified atom stereocenters. The molecular formula is C16H6. The van der Waals surface area contributed by atoms with Gasteiger partial charge in [0.1, 0.15) is 0 Å². The van der Waals surface area contributed by atoms with Crippen LogP contribution >= 0.6 is 0 Å². The van der Waals surface area contributed by atoms with Gasteiger partial charge in [-0.25, -0.2) is 0 Å². The van der Waals surface area contributed by atoms with E-state index in [1.165, 1.54) is 0 Å². The lowest BCUT2D eigenvalue weighted by molar-refractivity contribution is 1.48. The Hall–Kier alpha value is -2.98. The van der Waals surface area contributed by atoms with Crippen LogP contribution in [-0.4, -0.2) is 0 Å². The van der Waals surface area contributed by atoms with Gasteiger partial charge in [0.2, 0.25) is 0 Å². The largest absolute Gasteiger partial charge is 0.115 e. The quantitative estimate of drug-likeness (QED) is 0.555. The van der Waals surface area contributed by atoms with E-state index in [9.17, 15) is 0 Å². The van der Waals surface area contributed by atoms with Crippen molar-refractivity contribution < 1.29 is 0 Å². The lowest BCUT2D eigenvalue weighted by Gasteiger charge is -2.07. The van der Waals surface area contributed by atoms with Crippen LogP contribution in [0.4, 0.5) is 0 Å². The van der Waals surface area contributed by atoms with Crippen molar-refractivity contribution in [2.24, 2.45) is 0 Å². The number of hydrogen-bond acceptors (Lipinski definition) is 0. The van der Waals surface area contributed by atoms with Crippen LogP contribution in [0.1, 0.15) is 27.8 Å². The number of benzene rings is 1. The summed E-state index contributed by atoms with van der Waals surface area (Å²) in [4.78, 5) is 0. The Morgan fingerprint density at radius 2 is 0.938 bits per heavy atom. The zero-order valence-corrected chi connectivity index (χ0v) is 8.46. The molecule has 0 saturated heterocycles. The Balaban J connectivity index is 3.93. The lowest BCUT2D eigenvalue weighted by Crippen LogP contribution is -1.98. The van der Waals surface area contributed by atoms with Gasteiger partial charge in [0.15, 0.2) is 0 Å². The lowest BCUT2D eigenvalue weighted by atomic mass is 9.93. The molecule has 1 aromatic rings. The van der Waals surface area contributed by atoms with Gasteiger partial charge in [-0.05, 0) is 6.07 Å². The van der Waals surface area contributed by atoms with Gasteiger partial charge in [0, 0.05) is 11.1 Å². The van der Waals surface area contributed by atoms with Crippen LogP contribution in [0.15, 0.2) is 6.07 Å².